The second-order valence-electron chi connectivity index (χ2n) is 2.49. The van der Waals surface area contributed by atoms with E-state index in [-0.39, 0.29) is 0 Å². The molecule has 0 aliphatic heterocycles. The first kappa shape index (κ1) is 10.5. The molecule has 1 aromatic rings. The first-order chi connectivity index (χ1) is 6.79. The van der Waals surface area contributed by atoms with Crippen molar-refractivity contribution in [1.82, 2.24) is 0 Å². The summed E-state index contributed by atoms with van der Waals surface area (Å²) < 4.78 is 14.6. The summed E-state index contributed by atoms with van der Waals surface area (Å²) in [4.78, 5) is 21.9. The molecule has 4 nitrogen and oxygen atoms in total. The molecule has 14 heavy (non-hydrogen) atoms. The van der Waals surface area contributed by atoms with Crippen LogP contribution in [0.4, 0.5) is 0 Å². The molecule has 0 aliphatic rings. The summed E-state index contributed by atoms with van der Waals surface area (Å²) in [6, 6.07) is 8.23. The predicted molar refractivity (Wildman–Crippen MR) is 48.2 cm³/mol. The van der Waals surface area contributed by atoms with E-state index in [0.29, 0.717) is 11.8 Å². The maximum Gasteiger partial charge on any atom is 0.595 e. The quantitative estimate of drug-likeness (QED) is 0.304. The summed E-state index contributed by atoms with van der Waals surface area (Å²) in [6.07, 6.45) is -0.937. The molecule has 1 rings (SSSR count). The summed E-state index contributed by atoms with van der Waals surface area (Å²) in [5.74, 6) is -0.482. The van der Waals surface area contributed by atoms with Gasteiger partial charge in [-0.3, -0.25) is 9.59 Å². The number of hydrogen-bond acceptors (Lipinski definition) is 4. The molecule has 1 atom stereocenters. The fraction of sp³-hybridized carbons (Fsp3) is 0.111. The molecule has 1 radical (unpaired) electrons. The van der Waals surface area contributed by atoms with Crippen LogP contribution in [0.2, 0.25) is 0 Å². The van der Waals surface area contributed by atoms with Gasteiger partial charge in [-0.1, -0.05) is 30.3 Å². The monoisotopic (exact) mass is 207 g/mol. The molecule has 0 aliphatic carbocycles. The predicted octanol–water partition coefficient (Wildman–Crippen LogP) is 0.418. The average Bonchev–Trinajstić information content (AvgIpc) is 2.26. The van der Waals surface area contributed by atoms with E-state index in [4.69, 9.17) is 0 Å². The zero-order valence-corrected chi connectivity index (χ0v) is 8.17. The molecule has 0 N–H and O–H groups in total. The number of Topliss-reactive ketones (excluding diaryl/α,β-unsaturated/α-hetero) is 1. The number of carbonyl (C=O) groups excluding carboxylic acids is 2. The van der Waals surface area contributed by atoms with Gasteiger partial charge in [0.05, 0.1) is 0 Å². The van der Waals surface area contributed by atoms with Crippen LogP contribution in [0.15, 0.2) is 30.3 Å². The van der Waals surface area contributed by atoms with E-state index >= 15 is 0 Å². The fourth-order valence-corrected chi connectivity index (χ4v) is 1.23. The molecule has 0 fully saturated rings. The number of ketones is 1. The lowest BCUT2D eigenvalue weighted by Gasteiger charge is -2.06. The van der Waals surface area contributed by atoms with Gasteiger partial charge in [0.1, 0.15) is 0 Å². The van der Waals surface area contributed by atoms with Crippen molar-refractivity contribution in [2.45, 2.75) is 6.10 Å². The van der Waals surface area contributed by atoms with E-state index in [1.54, 1.807) is 30.3 Å². The third kappa shape index (κ3) is 2.43. The minimum atomic E-state index is -1.27. The summed E-state index contributed by atoms with van der Waals surface area (Å²) >= 11 is 0. The second-order valence-corrected chi connectivity index (χ2v) is 2.89. The van der Waals surface area contributed by atoms with E-state index in [1.165, 1.54) is 0 Å². The SMILES string of the molecule is O=CC(O[Si]=O)C(=O)c1ccccc1. The van der Waals surface area contributed by atoms with Crippen LogP contribution >= 0.6 is 0 Å². The van der Waals surface area contributed by atoms with Crippen molar-refractivity contribution < 1.29 is 18.5 Å². The lowest BCUT2D eigenvalue weighted by atomic mass is 10.1. The van der Waals surface area contributed by atoms with Crippen molar-refractivity contribution in [3.63, 3.8) is 0 Å². The van der Waals surface area contributed by atoms with Crippen LogP contribution in [0.25, 0.3) is 0 Å². The Morgan fingerprint density at radius 2 is 2.00 bits per heavy atom. The van der Waals surface area contributed by atoms with Crippen molar-refractivity contribution in [3.8, 4) is 0 Å². The molecule has 0 heterocycles. The summed E-state index contributed by atoms with van der Waals surface area (Å²) in [5, 5.41) is 0. The smallest absolute Gasteiger partial charge is 0.503 e. The molecule has 0 bridgehead atoms. The van der Waals surface area contributed by atoms with Crippen LogP contribution < -0.4 is 0 Å². The molecule has 0 saturated heterocycles. The maximum absolute atomic E-state index is 11.5. The molecule has 0 saturated carbocycles. The molecule has 5 heteroatoms. The Hall–Kier alpha value is -1.62. The number of rotatable bonds is 5. The van der Waals surface area contributed by atoms with Crippen LogP contribution in [0.3, 0.4) is 0 Å². The maximum atomic E-state index is 11.5. The van der Waals surface area contributed by atoms with Crippen LogP contribution in [-0.2, 0) is 13.7 Å². The molecule has 1 aromatic carbocycles. The molecular weight excluding hydrogens is 200 g/mol. The van der Waals surface area contributed by atoms with Crippen LogP contribution in [0, 0.1) is 0 Å². The van der Waals surface area contributed by atoms with Crippen molar-refractivity contribution in [3.05, 3.63) is 35.9 Å². The third-order valence-corrected chi connectivity index (χ3v) is 1.97. The minimum Gasteiger partial charge on any atom is -0.503 e. The highest BCUT2D eigenvalue weighted by Gasteiger charge is 2.19. The molecule has 0 aromatic heterocycles. The zero-order chi connectivity index (χ0) is 10.4. The standard InChI is InChI=1S/C9H7O4Si/c10-6-8(13-14-12)9(11)7-4-2-1-3-5-7/h1-6,8H. The average molecular weight is 207 g/mol. The van der Waals surface area contributed by atoms with Gasteiger partial charge in [0, 0.05) is 5.56 Å². The van der Waals surface area contributed by atoms with E-state index in [1.807, 2.05) is 0 Å². The Morgan fingerprint density at radius 3 is 2.50 bits per heavy atom. The molecule has 0 spiro atoms. The number of aldehydes is 1. The van der Waals surface area contributed by atoms with Crippen LogP contribution in [0.1, 0.15) is 10.4 Å². The molecule has 1 unspecified atom stereocenters. The van der Waals surface area contributed by atoms with E-state index in [2.05, 4.69) is 4.43 Å². The number of benzene rings is 1. The Balaban J connectivity index is 2.83. The Kier molecular flexibility index (Phi) is 3.87. The fourth-order valence-electron chi connectivity index (χ4n) is 0.962. The lowest BCUT2D eigenvalue weighted by molar-refractivity contribution is -0.112. The summed E-state index contributed by atoms with van der Waals surface area (Å²) in [7, 11) is -1.12. The lowest BCUT2D eigenvalue weighted by Crippen LogP contribution is -2.25. The largest absolute Gasteiger partial charge is 0.595 e. The zero-order valence-electron chi connectivity index (χ0n) is 7.17. The van der Waals surface area contributed by atoms with Gasteiger partial charge < -0.3 is 8.89 Å². The number of hydrogen-bond donors (Lipinski definition) is 0. The van der Waals surface area contributed by atoms with Crippen LogP contribution in [0.5, 0.6) is 0 Å². The van der Waals surface area contributed by atoms with Gasteiger partial charge in [-0.25, -0.2) is 0 Å². The first-order valence-corrected chi connectivity index (χ1v) is 4.68. The van der Waals surface area contributed by atoms with Crippen molar-refractivity contribution in [2.75, 3.05) is 0 Å². The van der Waals surface area contributed by atoms with Gasteiger partial charge in [0.25, 0.3) is 0 Å². The summed E-state index contributed by atoms with van der Waals surface area (Å²) in [5.41, 5.74) is 0.364. The van der Waals surface area contributed by atoms with Crippen molar-refractivity contribution >= 4 is 21.7 Å². The van der Waals surface area contributed by atoms with Crippen molar-refractivity contribution in [1.29, 1.82) is 0 Å². The van der Waals surface area contributed by atoms with E-state index in [9.17, 15) is 14.1 Å². The van der Waals surface area contributed by atoms with Gasteiger partial charge >= 0.3 is 9.65 Å². The number of carbonyl (C=O) groups is 2. The van der Waals surface area contributed by atoms with Gasteiger partial charge in [0.2, 0.25) is 11.9 Å². The Labute approximate surface area is 82.9 Å². The Bertz CT molecular complexity index is 336. The highest BCUT2D eigenvalue weighted by molar-refractivity contribution is 6.13. The highest BCUT2D eigenvalue weighted by Crippen LogP contribution is 2.03. The Morgan fingerprint density at radius 1 is 1.36 bits per heavy atom. The topological polar surface area (TPSA) is 60.4 Å². The first-order valence-electron chi connectivity index (χ1n) is 3.87. The van der Waals surface area contributed by atoms with E-state index in [0.717, 1.165) is 0 Å². The van der Waals surface area contributed by atoms with Gasteiger partial charge in [-0.2, -0.15) is 0 Å². The second kappa shape index (κ2) is 5.18. The van der Waals surface area contributed by atoms with Gasteiger partial charge in [-0.15, -0.1) is 0 Å². The normalized spacial score (nSPS) is 11.4. The molecular formula is C9H7O4Si. The van der Waals surface area contributed by atoms with Crippen molar-refractivity contribution in [2.24, 2.45) is 0 Å². The van der Waals surface area contributed by atoms with Crippen LogP contribution in [-0.4, -0.2) is 27.8 Å². The molecule has 0 amide bonds. The minimum absolute atomic E-state index is 0.334. The van der Waals surface area contributed by atoms with Gasteiger partial charge in [-0.05, 0) is 0 Å². The summed E-state index contributed by atoms with van der Waals surface area (Å²) in [6.45, 7) is 0. The van der Waals surface area contributed by atoms with Gasteiger partial charge in [0.15, 0.2) is 6.29 Å². The molecule has 71 valence electrons. The highest BCUT2D eigenvalue weighted by atomic mass is 28.2. The van der Waals surface area contributed by atoms with E-state index < -0.39 is 21.5 Å². The third-order valence-electron chi connectivity index (χ3n) is 1.62.